The molecule has 2 heterocycles. The van der Waals surface area contributed by atoms with Crippen LogP contribution in [0.4, 0.5) is 0 Å². The average Bonchev–Trinajstić information content (AvgIpc) is 2.72. The SMILES string of the molecule is CC1CN(CC2CCC(C(=O)O)O2)CCN1C. The van der Waals surface area contributed by atoms with Gasteiger partial charge in [-0.3, -0.25) is 4.90 Å². The first kappa shape index (κ1) is 12.8. The van der Waals surface area contributed by atoms with Crippen LogP contribution in [0, 0.1) is 0 Å². The first-order chi connectivity index (χ1) is 8.06. The van der Waals surface area contributed by atoms with Gasteiger partial charge in [0.05, 0.1) is 6.10 Å². The van der Waals surface area contributed by atoms with Crippen LogP contribution in [-0.4, -0.2) is 72.4 Å². The van der Waals surface area contributed by atoms with Crippen molar-refractivity contribution < 1.29 is 14.6 Å². The number of carboxylic acid groups (broad SMARTS) is 1. The van der Waals surface area contributed by atoms with Gasteiger partial charge in [-0.15, -0.1) is 0 Å². The summed E-state index contributed by atoms with van der Waals surface area (Å²) in [6, 6.07) is 0.570. The molecule has 5 heteroatoms. The zero-order valence-electron chi connectivity index (χ0n) is 10.6. The highest BCUT2D eigenvalue weighted by Gasteiger charge is 2.32. The molecule has 0 aromatic rings. The van der Waals surface area contributed by atoms with Gasteiger partial charge < -0.3 is 14.7 Å². The molecule has 0 spiro atoms. The van der Waals surface area contributed by atoms with Crippen molar-refractivity contribution in [2.75, 3.05) is 33.2 Å². The fraction of sp³-hybridized carbons (Fsp3) is 0.917. The van der Waals surface area contributed by atoms with Gasteiger partial charge in [0.1, 0.15) is 0 Å². The van der Waals surface area contributed by atoms with Crippen molar-refractivity contribution in [1.29, 1.82) is 0 Å². The Kier molecular flexibility index (Phi) is 4.01. The molecule has 0 aromatic carbocycles. The van der Waals surface area contributed by atoms with Crippen molar-refractivity contribution in [3.8, 4) is 0 Å². The van der Waals surface area contributed by atoms with Crippen LogP contribution in [0.15, 0.2) is 0 Å². The second kappa shape index (κ2) is 5.33. The van der Waals surface area contributed by atoms with E-state index in [-0.39, 0.29) is 6.10 Å². The minimum atomic E-state index is -0.820. The zero-order valence-corrected chi connectivity index (χ0v) is 10.6. The summed E-state index contributed by atoms with van der Waals surface area (Å²) in [4.78, 5) is 15.5. The molecule has 0 bridgehead atoms. The molecular weight excluding hydrogens is 220 g/mol. The van der Waals surface area contributed by atoms with E-state index in [4.69, 9.17) is 9.84 Å². The number of ether oxygens (including phenoxy) is 1. The summed E-state index contributed by atoms with van der Waals surface area (Å²) >= 11 is 0. The van der Waals surface area contributed by atoms with Gasteiger partial charge in [-0.25, -0.2) is 4.79 Å². The predicted octanol–water partition coefficient (Wildman–Crippen LogP) is 0.255. The Morgan fingerprint density at radius 3 is 2.76 bits per heavy atom. The van der Waals surface area contributed by atoms with Crippen LogP contribution in [0.25, 0.3) is 0 Å². The van der Waals surface area contributed by atoms with Crippen molar-refractivity contribution in [3.63, 3.8) is 0 Å². The Morgan fingerprint density at radius 1 is 1.41 bits per heavy atom. The van der Waals surface area contributed by atoms with Gasteiger partial charge in [0, 0.05) is 32.2 Å². The fourth-order valence-corrected chi connectivity index (χ4v) is 2.60. The van der Waals surface area contributed by atoms with Crippen LogP contribution in [0.3, 0.4) is 0 Å². The summed E-state index contributed by atoms with van der Waals surface area (Å²) in [5.41, 5.74) is 0. The molecule has 2 saturated heterocycles. The molecule has 17 heavy (non-hydrogen) atoms. The smallest absolute Gasteiger partial charge is 0.332 e. The maximum atomic E-state index is 10.8. The summed E-state index contributed by atoms with van der Waals surface area (Å²) in [6.07, 6.45) is 1.05. The third kappa shape index (κ3) is 3.18. The maximum absolute atomic E-state index is 10.8. The molecule has 2 aliphatic rings. The molecule has 2 rings (SSSR count). The lowest BCUT2D eigenvalue weighted by Crippen LogP contribution is -2.51. The highest BCUT2D eigenvalue weighted by molar-refractivity contribution is 5.72. The van der Waals surface area contributed by atoms with Crippen LogP contribution in [0.1, 0.15) is 19.8 Å². The van der Waals surface area contributed by atoms with Crippen LogP contribution in [-0.2, 0) is 9.53 Å². The predicted molar refractivity (Wildman–Crippen MR) is 64.1 cm³/mol. The molecule has 2 fully saturated rings. The molecule has 0 aliphatic carbocycles. The van der Waals surface area contributed by atoms with Crippen LogP contribution < -0.4 is 0 Å². The van der Waals surface area contributed by atoms with Crippen molar-refractivity contribution in [2.45, 2.75) is 38.0 Å². The Balaban J connectivity index is 1.77. The number of hydrogen-bond acceptors (Lipinski definition) is 4. The minimum absolute atomic E-state index is 0.103. The van der Waals surface area contributed by atoms with Crippen molar-refractivity contribution in [3.05, 3.63) is 0 Å². The quantitative estimate of drug-likeness (QED) is 0.769. The molecule has 3 atom stereocenters. The molecule has 3 unspecified atom stereocenters. The van der Waals surface area contributed by atoms with Crippen molar-refractivity contribution >= 4 is 5.97 Å². The van der Waals surface area contributed by atoms with Gasteiger partial charge in [-0.05, 0) is 26.8 Å². The van der Waals surface area contributed by atoms with Gasteiger partial charge >= 0.3 is 5.97 Å². The van der Waals surface area contributed by atoms with E-state index in [2.05, 4.69) is 23.8 Å². The van der Waals surface area contributed by atoms with E-state index in [1.54, 1.807) is 0 Å². The highest BCUT2D eigenvalue weighted by Crippen LogP contribution is 2.21. The number of carboxylic acids is 1. The van der Waals surface area contributed by atoms with Gasteiger partial charge in [0.2, 0.25) is 0 Å². The lowest BCUT2D eigenvalue weighted by atomic mass is 10.1. The molecule has 0 saturated carbocycles. The molecule has 1 N–H and O–H groups in total. The van der Waals surface area contributed by atoms with E-state index >= 15 is 0 Å². The summed E-state index contributed by atoms with van der Waals surface area (Å²) < 4.78 is 5.53. The van der Waals surface area contributed by atoms with E-state index in [0.29, 0.717) is 12.5 Å². The summed E-state index contributed by atoms with van der Waals surface area (Å²) in [5.74, 6) is -0.820. The van der Waals surface area contributed by atoms with Crippen molar-refractivity contribution in [1.82, 2.24) is 9.80 Å². The average molecular weight is 242 g/mol. The monoisotopic (exact) mass is 242 g/mol. The van der Waals surface area contributed by atoms with E-state index < -0.39 is 12.1 Å². The second-order valence-corrected chi connectivity index (χ2v) is 5.25. The standard InChI is InChI=1S/C12H22N2O3/c1-9-7-14(6-5-13(9)2)8-10-3-4-11(17-10)12(15)16/h9-11H,3-8H2,1-2H3,(H,15,16). The normalized spacial score (nSPS) is 36.2. The molecule has 5 nitrogen and oxygen atoms in total. The molecule has 0 amide bonds. The first-order valence-electron chi connectivity index (χ1n) is 6.37. The minimum Gasteiger partial charge on any atom is -0.479 e. The number of likely N-dealkylation sites (N-methyl/N-ethyl adjacent to an activating group) is 1. The van der Waals surface area contributed by atoms with Gasteiger partial charge in [0.15, 0.2) is 6.10 Å². The third-order valence-electron chi connectivity index (χ3n) is 3.89. The summed E-state index contributed by atoms with van der Waals surface area (Å²) in [7, 11) is 2.15. The Hall–Kier alpha value is -0.650. The molecule has 0 aromatic heterocycles. The Labute approximate surface area is 102 Å². The highest BCUT2D eigenvalue weighted by atomic mass is 16.5. The van der Waals surface area contributed by atoms with Crippen LogP contribution in [0.2, 0.25) is 0 Å². The van der Waals surface area contributed by atoms with Gasteiger partial charge in [0.25, 0.3) is 0 Å². The van der Waals surface area contributed by atoms with E-state index in [1.165, 1.54) is 0 Å². The van der Waals surface area contributed by atoms with E-state index in [1.807, 2.05) is 0 Å². The number of carbonyl (C=O) groups is 1. The number of nitrogens with zero attached hydrogens (tertiary/aromatic N) is 2. The lowest BCUT2D eigenvalue weighted by Gasteiger charge is -2.38. The summed E-state index contributed by atoms with van der Waals surface area (Å²) in [5, 5.41) is 8.87. The van der Waals surface area contributed by atoms with Gasteiger partial charge in [-0.1, -0.05) is 0 Å². The van der Waals surface area contributed by atoms with E-state index in [9.17, 15) is 4.79 Å². The third-order valence-corrected chi connectivity index (χ3v) is 3.89. The van der Waals surface area contributed by atoms with Crippen LogP contribution >= 0.6 is 0 Å². The number of rotatable bonds is 3. The molecule has 98 valence electrons. The van der Waals surface area contributed by atoms with E-state index in [0.717, 1.165) is 32.6 Å². The van der Waals surface area contributed by atoms with Crippen LogP contribution in [0.5, 0.6) is 0 Å². The Morgan fingerprint density at radius 2 is 2.18 bits per heavy atom. The maximum Gasteiger partial charge on any atom is 0.332 e. The second-order valence-electron chi connectivity index (χ2n) is 5.25. The Bertz CT molecular complexity index is 285. The molecule has 2 aliphatic heterocycles. The summed E-state index contributed by atoms with van der Waals surface area (Å²) in [6.45, 7) is 6.28. The lowest BCUT2D eigenvalue weighted by molar-refractivity contribution is -0.149. The fourth-order valence-electron chi connectivity index (χ4n) is 2.60. The first-order valence-corrected chi connectivity index (χ1v) is 6.37. The number of aliphatic carboxylic acids is 1. The number of piperazine rings is 1. The molecular formula is C12H22N2O3. The van der Waals surface area contributed by atoms with Crippen molar-refractivity contribution in [2.24, 2.45) is 0 Å². The zero-order chi connectivity index (χ0) is 12.4. The topological polar surface area (TPSA) is 53.0 Å². The van der Waals surface area contributed by atoms with Gasteiger partial charge in [-0.2, -0.15) is 0 Å². The molecule has 0 radical (unpaired) electrons. The largest absolute Gasteiger partial charge is 0.479 e. The number of hydrogen-bond donors (Lipinski definition) is 1.